The first-order valence-corrected chi connectivity index (χ1v) is 13.6. The summed E-state index contributed by atoms with van der Waals surface area (Å²) in [5.41, 5.74) is 0.638. The van der Waals surface area contributed by atoms with E-state index in [-0.39, 0.29) is 21.9 Å². The molecular formula is C21H32O3SSi. The molecule has 1 heterocycles. The molecule has 1 aliphatic heterocycles. The predicted molar refractivity (Wildman–Crippen MR) is 111 cm³/mol. The molecule has 3 nitrogen and oxygen atoms in total. The van der Waals surface area contributed by atoms with Crippen LogP contribution in [0.15, 0.2) is 30.3 Å². The second-order valence-electron chi connectivity index (χ2n) is 9.23. The van der Waals surface area contributed by atoms with Crippen molar-refractivity contribution in [2.24, 2.45) is 0 Å². The van der Waals surface area contributed by atoms with E-state index in [0.29, 0.717) is 11.7 Å². The summed E-state index contributed by atoms with van der Waals surface area (Å²) in [6, 6.07) is 9.31. The fourth-order valence-corrected chi connectivity index (χ4v) is 6.88. The smallest absolute Gasteiger partial charge is 0.338 e. The van der Waals surface area contributed by atoms with Gasteiger partial charge in [0.2, 0.25) is 0 Å². The third-order valence-electron chi connectivity index (χ3n) is 6.31. The first-order valence-electron chi connectivity index (χ1n) is 9.71. The highest BCUT2D eigenvalue weighted by molar-refractivity contribution is 8.01. The van der Waals surface area contributed by atoms with Crippen LogP contribution in [0.4, 0.5) is 0 Å². The highest BCUT2D eigenvalue weighted by Crippen LogP contribution is 2.53. The van der Waals surface area contributed by atoms with Gasteiger partial charge in [0, 0.05) is 16.9 Å². The van der Waals surface area contributed by atoms with Gasteiger partial charge >= 0.3 is 5.97 Å². The second-order valence-corrected chi connectivity index (χ2v) is 15.4. The van der Waals surface area contributed by atoms with E-state index >= 15 is 0 Å². The lowest BCUT2D eigenvalue weighted by molar-refractivity contribution is 0.0301. The molecule has 2 fully saturated rings. The van der Waals surface area contributed by atoms with Gasteiger partial charge in [-0.15, -0.1) is 11.8 Å². The fourth-order valence-electron chi connectivity index (χ4n) is 3.74. The van der Waals surface area contributed by atoms with Crippen LogP contribution in [0, 0.1) is 0 Å². The third-order valence-corrected chi connectivity index (χ3v) is 12.5. The molecule has 0 amide bonds. The molecule has 2 aliphatic rings. The van der Waals surface area contributed by atoms with Gasteiger partial charge in [-0.05, 0) is 49.5 Å². The second kappa shape index (κ2) is 7.32. The summed E-state index contributed by atoms with van der Waals surface area (Å²) in [4.78, 5) is 12.4. The van der Waals surface area contributed by atoms with Crippen LogP contribution < -0.4 is 0 Å². The minimum Gasteiger partial charge on any atom is -0.458 e. The summed E-state index contributed by atoms with van der Waals surface area (Å²) in [6.07, 6.45) is 4.75. The van der Waals surface area contributed by atoms with Gasteiger partial charge in [-0.2, -0.15) is 0 Å². The Morgan fingerprint density at radius 2 is 1.92 bits per heavy atom. The van der Waals surface area contributed by atoms with Crippen molar-refractivity contribution in [2.45, 2.75) is 81.5 Å². The van der Waals surface area contributed by atoms with Crippen molar-refractivity contribution in [3.63, 3.8) is 0 Å². The van der Waals surface area contributed by atoms with Gasteiger partial charge in [-0.3, -0.25) is 0 Å². The molecule has 1 saturated carbocycles. The summed E-state index contributed by atoms with van der Waals surface area (Å²) in [7, 11) is -1.79. The normalized spacial score (nSPS) is 29.3. The van der Waals surface area contributed by atoms with Crippen molar-refractivity contribution in [1.82, 2.24) is 0 Å². The molecule has 1 spiro atoms. The molecule has 1 aliphatic carbocycles. The Hall–Kier alpha value is -0.783. The predicted octanol–water partition coefficient (Wildman–Crippen LogP) is 5.66. The number of hydrogen-bond acceptors (Lipinski definition) is 4. The average Bonchev–Trinajstić information content (AvgIpc) is 3.14. The zero-order valence-electron chi connectivity index (χ0n) is 16.7. The minimum atomic E-state index is -1.79. The SMILES string of the molecule is CC(C)(C)[Si](C)(C)O[C@@H]1CCC[C@]12CC(OC(=O)c1ccccc1)CS2. The summed E-state index contributed by atoms with van der Waals surface area (Å²) in [5.74, 6) is 0.684. The van der Waals surface area contributed by atoms with Crippen LogP contribution >= 0.6 is 11.8 Å². The van der Waals surface area contributed by atoms with Gasteiger partial charge in [0.05, 0.1) is 11.7 Å². The number of hydrogen-bond donors (Lipinski definition) is 0. The number of esters is 1. The minimum absolute atomic E-state index is 0.00341. The molecule has 26 heavy (non-hydrogen) atoms. The molecule has 0 aromatic heterocycles. The van der Waals surface area contributed by atoms with E-state index in [9.17, 15) is 4.79 Å². The Kier molecular flexibility index (Phi) is 5.62. The summed E-state index contributed by atoms with van der Waals surface area (Å²) in [5, 5.41) is 0.221. The fraction of sp³-hybridized carbons (Fsp3) is 0.667. The van der Waals surface area contributed by atoms with Crippen molar-refractivity contribution in [3.8, 4) is 0 Å². The lowest BCUT2D eigenvalue weighted by Crippen LogP contribution is -2.48. The molecule has 0 bridgehead atoms. The van der Waals surface area contributed by atoms with Gasteiger partial charge in [0.15, 0.2) is 8.32 Å². The molecular weight excluding hydrogens is 360 g/mol. The van der Waals surface area contributed by atoms with E-state index in [1.807, 2.05) is 42.1 Å². The Labute approximate surface area is 163 Å². The summed E-state index contributed by atoms with van der Waals surface area (Å²) in [6.45, 7) is 11.6. The molecule has 1 saturated heterocycles. The van der Waals surface area contributed by atoms with Crippen LogP contribution in [0.2, 0.25) is 18.1 Å². The molecule has 0 N–H and O–H groups in total. The van der Waals surface area contributed by atoms with E-state index in [4.69, 9.17) is 9.16 Å². The van der Waals surface area contributed by atoms with Crippen LogP contribution in [0.1, 0.15) is 56.8 Å². The Bertz CT molecular complexity index is 640. The maximum Gasteiger partial charge on any atom is 0.338 e. The van der Waals surface area contributed by atoms with E-state index in [2.05, 4.69) is 33.9 Å². The number of carbonyl (C=O) groups excluding carboxylic acids is 1. The van der Waals surface area contributed by atoms with Crippen LogP contribution in [0.25, 0.3) is 0 Å². The number of carbonyl (C=O) groups is 1. The maximum absolute atomic E-state index is 12.4. The zero-order chi connectivity index (χ0) is 19.0. The average molecular weight is 393 g/mol. The van der Waals surface area contributed by atoms with Crippen molar-refractivity contribution in [1.29, 1.82) is 0 Å². The van der Waals surface area contributed by atoms with Crippen LogP contribution in [0.3, 0.4) is 0 Å². The Morgan fingerprint density at radius 1 is 1.23 bits per heavy atom. The maximum atomic E-state index is 12.4. The molecule has 0 radical (unpaired) electrons. The third kappa shape index (κ3) is 4.05. The molecule has 3 rings (SSSR count). The molecule has 1 unspecified atom stereocenters. The number of ether oxygens (including phenoxy) is 1. The zero-order valence-corrected chi connectivity index (χ0v) is 18.5. The number of thioether (sulfide) groups is 1. The highest BCUT2D eigenvalue weighted by atomic mass is 32.2. The first kappa shape index (κ1) is 20.0. The molecule has 3 atom stereocenters. The van der Waals surface area contributed by atoms with Crippen molar-refractivity contribution < 1.29 is 14.0 Å². The highest BCUT2D eigenvalue weighted by Gasteiger charge is 2.53. The summed E-state index contributed by atoms with van der Waals surface area (Å²) >= 11 is 1.98. The molecule has 1 aromatic rings. The molecule has 144 valence electrons. The van der Waals surface area contributed by atoms with Gasteiger partial charge in [-0.25, -0.2) is 4.79 Å². The largest absolute Gasteiger partial charge is 0.458 e. The van der Waals surface area contributed by atoms with E-state index in [0.717, 1.165) is 18.6 Å². The standard InChI is InChI=1S/C21H32O3SSi/c1-20(2,3)26(4,5)24-18-12-9-13-21(18)14-17(15-25-21)23-19(22)16-10-7-6-8-11-16/h6-8,10-11,17-18H,9,12-15H2,1-5H3/t17?,18-,21+/m1/s1. The topological polar surface area (TPSA) is 35.5 Å². The van der Waals surface area contributed by atoms with E-state index in [1.54, 1.807) is 0 Å². The van der Waals surface area contributed by atoms with Crippen molar-refractivity contribution in [3.05, 3.63) is 35.9 Å². The summed E-state index contributed by atoms with van der Waals surface area (Å²) < 4.78 is 12.8. The van der Waals surface area contributed by atoms with Crippen LogP contribution in [-0.4, -0.2) is 37.0 Å². The lowest BCUT2D eigenvalue weighted by Gasteiger charge is -2.42. The molecule has 1 aromatic carbocycles. The van der Waals surface area contributed by atoms with Crippen molar-refractivity contribution >= 4 is 26.0 Å². The van der Waals surface area contributed by atoms with Crippen LogP contribution in [0.5, 0.6) is 0 Å². The number of rotatable bonds is 4. The molecule has 5 heteroatoms. The van der Waals surface area contributed by atoms with Gasteiger partial charge in [0.1, 0.15) is 6.10 Å². The quantitative estimate of drug-likeness (QED) is 0.489. The first-order chi connectivity index (χ1) is 12.1. The van der Waals surface area contributed by atoms with E-state index in [1.165, 1.54) is 12.8 Å². The Balaban J connectivity index is 1.65. The monoisotopic (exact) mass is 392 g/mol. The van der Waals surface area contributed by atoms with Gasteiger partial charge < -0.3 is 9.16 Å². The van der Waals surface area contributed by atoms with E-state index < -0.39 is 8.32 Å². The Morgan fingerprint density at radius 3 is 2.58 bits per heavy atom. The lowest BCUT2D eigenvalue weighted by atomic mass is 9.98. The van der Waals surface area contributed by atoms with Gasteiger partial charge in [-0.1, -0.05) is 39.0 Å². The number of benzene rings is 1. The van der Waals surface area contributed by atoms with Gasteiger partial charge in [0.25, 0.3) is 0 Å². The van der Waals surface area contributed by atoms with Crippen molar-refractivity contribution in [2.75, 3.05) is 5.75 Å². The van der Waals surface area contributed by atoms with Crippen LogP contribution in [-0.2, 0) is 9.16 Å².